The van der Waals surface area contributed by atoms with Crippen LogP contribution in [0.1, 0.15) is 6.92 Å². The molecule has 0 bridgehead atoms. The zero-order valence-electron chi connectivity index (χ0n) is 5.20. The second-order valence-electron chi connectivity index (χ2n) is 1.79. The minimum absolute atomic E-state index is 0.123. The van der Waals surface area contributed by atoms with Gasteiger partial charge in [-0.05, 0) is 19.1 Å². The first-order valence-electron chi connectivity index (χ1n) is 2.84. The molecule has 0 N–H and O–H groups in total. The maximum absolute atomic E-state index is 10.4. The maximum atomic E-state index is 10.4. The number of carbonyl (C=O) groups is 1. The van der Waals surface area contributed by atoms with Crippen LogP contribution in [-0.4, -0.2) is 12.1 Å². The monoisotopic (exact) mass is 124 g/mol. The van der Waals surface area contributed by atoms with Gasteiger partial charge in [-0.3, -0.25) is 0 Å². The summed E-state index contributed by atoms with van der Waals surface area (Å²) < 4.78 is 4.76. The molecule has 2 heteroatoms. The highest BCUT2D eigenvalue weighted by molar-refractivity contribution is 5.84. The average molecular weight is 124 g/mol. The first-order valence-corrected chi connectivity index (χ1v) is 2.84. The van der Waals surface area contributed by atoms with E-state index in [4.69, 9.17) is 4.74 Å². The summed E-state index contributed by atoms with van der Waals surface area (Å²) >= 11 is 0. The minimum atomic E-state index is -0.252. The second-order valence-corrected chi connectivity index (χ2v) is 1.79. The summed E-state index contributed by atoms with van der Waals surface area (Å²) in [6.07, 6.45) is 6.71. The summed E-state index contributed by atoms with van der Waals surface area (Å²) in [5, 5.41) is 0. The summed E-state index contributed by atoms with van der Waals surface area (Å²) in [4.78, 5) is 10.4. The molecule has 1 atom stereocenters. The van der Waals surface area contributed by atoms with Crippen molar-refractivity contribution in [3.8, 4) is 0 Å². The number of hydrogen-bond donors (Lipinski definition) is 0. The molecule has 0 fully saturated rings. The average Bonchev–Trinajstić information content (AvgIpc) is 2.17. The van der Waals surface area contributed by atoms with Gasteiger partial charge in [0, 0.05) is 6.08 Å². The van der Waals surface area contributed by atoms with Crippen LogP contribution in [0.25, 0.3) is 0 Å². The molecule has 0 aromatic carbocycles. The number of allylic oxidation sites excluding steroid dienone is 1. The minimum Gasteiger partial charge on any atom is -0.451 e. The van der Waals surface area contributed by atoms with Crippen LogP contribution in [0.2, 0.25) is 0 Å². The predicted octanol–water partition coefficient (Wildman–Crippen LogP) is 1.04. The Bertz CT molecular complexity index is 168. The SMILES string of the molecule is C/C=C\[C@@H]1C=CC(=O)O1. The molecule has 0 aromatic rings. The first-order chi connectivity index (χ1) is 4.33. The normalized spacial score (nSPS) is 25.4. The highest BCUT2D eigenvalue weighted by Gasteiger charge is 2.11. The summed E-state index contributed by atoms with van der Waals surface area (Å²) in [6, 6.07) is 0. The molecule has 0 radical (unpaired) electrons. The number of carbonyl (C=O) groups excluding carboxylic acids is 1. The van der Waals surface area contributed by atoms with E-state index in [-0.39, 0.29) is 12.1 Å². The highest BCUT2D eigenvalue weighted by atomic mass is 16.5. The number of ether oxygens (including phenoxy) is 1. The Morgan fingerprint density at radius 2 is 2.56 bits per heavy atom. The van der Waals surface area contributed by atoms with Crippen molar-refractivity contribution in [3.05, 3.63) is 24.3 Å². The van der Waals surface area contributed by atoms with E-state index in [1.54, 1.807) is 6.08 Å². The Morgan fingerprint density at radius 3 is 3.00 bits per heavy atom. The van der Waals surface area contributed by atoms with E-state index in [0.717, 1.165) is 0 Å². The lowest BCUT2D eigenvalue weighted by molar-refractivity contribution is -0.137. The Balaban J connectivity index is 2.50. The van der Waals surface area contributed by atoms with Crippen LogP contribution in [0.15, 0.2) is 24.3 Å². The van der Waals surface area contributed by atoms with E-state index in [1.807, 2.05) is 19.1 Å². The van der Waals surface area contributed by atoms with Crippen molar-refractivity contribution in [2.24, 2.45) is 0 Å². The molecule has 0 spiro atoms. The van der Waals surface area contributed by atoms with Gasteiger partial charge in [0.2, 0.25) is 0 Å². The molecule has 9 heavy (non-hydrogen) atoms. The molecular formula is C7H8O2. The summed E-state index contributed by atoms with van der Waals surface area (Å²) in [7, 11) is 0. The predicted molar refractivity (Wildman–Crippen MR) is 33.8 cm³/mol. The lowest BCUT2D eigenvalue weighted by Crippen LogP contribution is -2.02. The van der Waals surface area contributed by atoms with Gasteiger partial charge < -0.3 is 4.74 Å². The molecule has 1 rings (SSSR count). The van der Waals surface area contributed by atoms with Crippen LogP contribution in [0.5, 0.6) is 0 Å². The third kappa shape index (κ3) is 1.42. The Morgan fingerprint density at radius 1 is 1.78 bits per heavy atom. The number of hydrogen-bond acceptors (Lipinski definition) is 2. The fourth-order valence-corrected chi connectivity index (χ4v) is 0.679. The Kier molecular flexibility index (Phi) is 1.68. The largest absolute Gasteiger partial charge is 0.451 e. The van der Waals surface area contributed by atoms with Crippen LogP contribution < -0.4 is 0 Å². The van der Waals surface area contributed by atoms with Crippen molar-refractivity contribution in [2.45, 2.75) is 13.0 Å². The van der Waals surface area contributed by atoms with E-state index in [9.17, 15) is 4.79 Å². The van der Waals surface area contributed by atoms with E-state index < -0.39 is 0 Å². The number of cyclic esters (lactones) is 1. The number of esters is 1. The third-order valence-electron chi connectivity index (χ3n) is 1.06. The molecule has 0 amide bonds. The van der Waals surface area contributed by atoms with Crippen molar-refractivity contribution in [3.63, 3.8) is 0 Å². The van der Waals surface area contributed by atoms with Gasteiger partial charge >= 0.3 is 5.97 Å². The summed E-state index contributed by atoms with van der Waals surface area (Å²) in [6.45, 7) is 1.89. The molecular weight excluding hydrogens is 116 g/mol. The van der Waals surface area contributed by atoms with Crippen molar-refractivity contribution < 1.29 is 9.53 Å². The van der Waals surface area contributed by atoms with Crippen molar-refractivity contribution in [1.29, 1.82) is 0 Å². The lowest BCUT2D eigenvalue weighted by atomic mass is 10.3. The van der Waals surface area contributed by atoms with Gasteiger partial charge in [0.15, 0.2) is 0 Å². The van der Waals surface area contributed by atoms with Gasteiger partial charge in [0.25, 0.3) is 0 Å². The highest BCUT2D eigenvalue weighted by Crippen LogP contribution is 2.05. The molecule has 1 heterocycles. The van der Waals surface area contributed by atoms with Crippen LogP contribution in [0.4, 0.5) is 0 Å². The van der Waals surface area contributed by atoms with Crippen LogP contribution in [-0.2, 0) is 9.53 Å². The van der Waals surface area contributed by atoms with E-state index >= 15 is 0 Å². The summed E-state index contributed by atoms with van der Waals surface area (Å²) in [5.41, 5.74) is 0. The van der Waals surface area contributed by atoms with Gasteiger partial charge in [-0.15, -0.1) is 0 Å². The van der Waals surface area contributed by atoms with E-state index in [2.05, 4.69) is 0 Å². The molecule has 0 aromatic heterocycles. The standard InChI is InChI=1S/C7H8O2/c1-2-3-6-4-5-7(8)9-6/h2-6H,1H3/b3-2-/t6-/m1/s1. The molecule has 0 saturated heterocycles. The van der Waals surface area contributed by atoms with E-state index in [0.29, 0.717) is 0 Å². The molecule has 0 aliphatic carbocycles. The molecule has 48 valence electrons. The Hall–Kier alpha value is -1.05. The van der Waals surface area contributed by atoms with Crippen LogP contribution in [0.3, 0.4) is 0 Å². The zero-order valence-corrected chi connectivity index (χ0v) is 5.20. The summed E-state index contributed by atoms with van der Waals surface area (Å²) in [5.74, 6) is -0.252. The van der Waals surface area contributed by atoms with E-state index in [1.165, 1.54) is 6.08 Å². The van der Waals surface area contributed by atoms with Crippen molar-refractivity contribution in [2.75, 3.05) is 0 Å². The Labute approximate surface area is 53.8 Å². The fraction of sp³-hybridized carbons (Fsp3) is 0.286. The van der Waals surface area contributed by atoms with Gasteiger partial charge in [0.05, 0.1) is 0 Å². The van der Waals surface area contributed by atoms with Gasteiger partial charge in [0.1, 0.15) is 6.10 Å². The van der Waals surface area contributed by atoms with Crippen molar-refractivity contribution >= 4 is 5.97 Å². The zero-order chi connectivity index (χ0) is 6.69. The lowest BCUT2D eigenvalue weighted by Gasteiger charge is -1.98. The van der Waals surface area contributed by atoms with Crippen molar-refractivity contribution in [1.82, 2.24) is 0 Å². The quantitative estimate of drug-likeness (QED) is 0.385. The first kappa shape index (κ1) is 6.08. The van der Waals surface area contributed by atoms with Gasteiger partial charge in [-0.25, -0.2) is 4.79 Å². The molecule has 0 unspecified atom stereocenters. The van der Waals surface area contributed by atoms with Crippen LogP contribution in [0, 0.1) is 0 Å². The van der Waals surface area contributed by atoms with Gasteiger partial charge in [-0.1, -0.05) is 6.08 Å². The molecule has 1 aliphatic rings. The second kappa shape index (κ2) is 2.49. The maximum Gasteiger partial charge on any atom is 0.331 e. The molecule has 1 aliphatic heterocycles. The fourth-order valence-electron chi connectivity index (χ4n) is 0.679. The number of rotatable bonds is 1. The van der Waals surface area contributed by atoms with Crippen LogP contribution >= 0.6 is 0 Å². The topological polar surface area (TPSA) is 26.3 Å². The van der Waals surface area contributed by atoms with Gasteiger partial charge in [-0.2, -0.15) is 0 Å². The smallest absolute Gasteiger partial charge is 0.331 e. The molecule has 0 saturated carbocycles. The molecule has 2 nitrogen and oxygen atoms in total. The third-order valence-corrected chi connectivity index (χ3v) is 1.06.